The standard InChI is InChI=1S/C11H17N3O2S/c1-14(11-5-3-6-12-8-11)17(15,16)9-10-4-2-7-13-10/h3,5-6,8,10,13H,2,4,7,9H2,1H3. The number of rotatable bonds is 4. The first-order valence-corrected chi connectivity index (χ1v) is 7.30. The second-order valence-electron chi connectivity index (χ2n) is 4.25. The Morgan fingerprint density at radius 3 is 3.00 bits per heavy atom. The molecule has 6 heteroatoms. The maximum Gasteiger partial charge on any atom is 0.236 e. The number of aromatic nitrogens is 1. The van der Waals surface area contributed by atoms with Gasteiger partial charge in [-0.25, -0.2) is 8.42 Å². The summed E-state index contributed by atoms with van der Waals surface area (Å²) >= 11 is 0. The molecule has 1 unspecified atom stereocenters. The molecule has 1 aromatic heterocycles. The van der Waals surface area contributed by atoms with Crippen molar-refractivity contribution in [3.63, 3.8) is 0 Å². The van der Waals surface area contributed by atoms with Gasteiger partial charge in [-0.2, -0.15) is 0 Å². The van der Waals surface area contributed by atoms with Crippen LogP contribution in [0, 0.1) is 0 Å². The van der Waals surface area contributed by atoms with Gasteiger partial charge in [0.25, 0.3) is 0 Å². The molecule has 17 heavy (non-hydrogen) atoms. The molecule has 94 valence electrons. The smallest absolute Gasteiger partial charge is 0.236 e. The van der Waals surface area contributed by atoms with E-state index in [1.807, 2.05) is 0 Å². The van der Waals surface area contributed by atoms with E-state index in [0.717, 1.165) is 19.4 Å². The third-order valence-corrected chi connectivity index (χ3v) is 4.87. The number of nitrogens with zero attached hydrogens (tertiary/aromatic N) is 2. The zero-order valence-corrected chi connectivity index (χ0v) is 10.7. The van der Waals surface area contributed by atoms with Crippen LogP contribution < -0.4 is 9.62 Å². The van der Waals surface area contributed by atoms with Gasteiger partial charge < -0.3 is 5.32 Å². The monoisotopic (exact) mass is 255 g/mol. The third kappa shape index (κ3) is 2.95. The van der Waals surface area contributed by atoms with E-state index in [4.69, 9.17) is 0 Å². The molecule has 1 atom stereocenters. The molecule has 2 heterocycles. The number of anilines is 1. The van der Waals surface area contributed by atoms with Gasteiger partial charge >= 0.3 is 0 Å². The molecule has 1 aliphatic rings. The number of hydrogen-bond acceptors (Lipinski definition) is 4. The molecule has 0 spiro atoms. The van der Waals surface area contributed by atoms with E-state index in [-0.39, 0.29) is 11.8 Å². The summed E-state index contributed by atoms with van der Waals surface area (Å²) in [4.78, 5) is 3.93. The maximum absolute atomic E-state index is 12.1. The first-order chi connectivity index (χ1) is 8.09. The fourth-order valence-corrected chi connectivity index (χ4v) is 3.41. The average Bonchev–Trinajstić information content (AvgIpc) is 2.81. The molecule has 0 aromatic carbocycles. The minimum atomic E-state index is -3.27. The lowest BCUT2D eigenvalue weighted by atomic mass is 10.3. The van der Waals surface area contributed by atoms with Gasteiger partial charge in [0.1, 0.15) is 0 Å². The molecule has 2 rings (SSSR count). The van der Waals surface area contributed by atoms with Crippen LogP contribution in [0.4, 0.5) is 5.69 Å². The van der Waals surface area contributed by atoms with E-state index in [1.165, 1.54) is 4.31 Å². The normalized spacial score (nSPS) is 20.4. The van der Waals surface area contributed by atoms with Gasteiger partial charge in [-0.3, -0.25) is 9.29 Å². The molecule has 1 aromatic rings. The summed E-state index contributed by atoms with van der Waals surface area (Å²) in [5, 5.41) is 3.20. The summed E-state index contributed by atoms with van der Waals surface area (Å²) in [5.41, 5.74) is 0.602. The van der Waals surface area contributed by atoms with Gasteiger partial charge in [0, 0.05) is 19.3 Å². The predicted molar refractivity (Wildman–Crippen MR) is 67.5 cm³/mol. The van der Waals surface area contributed by atoms with Gasteiger partial charge in [-0.05, 0) is 31.5 Å². The van der Waals surface area contributed by atoms with Crippen molar-refractivity contribution in [3.8, 4) is 0 Å². The fourth-order valence-electron chi connectivity index (χ4n) is 1.97. The highest BCUT2D eigenvalue weighted by Crippen LogP contribution is 2.16. The Bertz CT molecular complexity index is 455. The average molecular weight is 255 g/mol. The number of nitrogens with one attached hydrogen (secondary N) is 1. The Morgan fingerprint density at radius 2 is 2.41 bits per heavy atom. The van der Waals surface area contributed by atoms with Crippen LogP contribution in [0.25, 0.3) is 0 Å². The Kier molecular flexibility index (Phi) is 3.63. The Hall–Kier alpha value is -1.14. The summed E-state index contributed by atoms with van der Waals surface area (Å²) in [6.07, 6.45) is 5.17. The largest absolute Gasteiger partial charge is 0.313 e. The van der Waals surface area contributed by atoms with E-state index >= 15 is 0 Å². The van der Waals surface area contributed by atoms with Crippen molar-refractivity contribution in [2.45, 2.75) is 18.9 Å². The van der Waals surface area contributed by atoms with Crippen LogP contribution in [0.1, 0.15) is 12.8 Å². The second kappa shape index (κ2) is 5.01. The Balaban J connectivity index is 2.09. The highest BCUT2D eigenvalue weighted by Gasteiger charge is 2.25. The molecule has 1 N–H and O–H groups in total. The third-order valence-electron chi connectivity index (χ3n) is 3.00. The molecule has 1 saturated heterocycles. The summed E-state index contributed by atoms with van der Waals surface area (Å²) in [6, 6.07) is 3.56. The van der Waals surface area contributed by atoms with Crippen LogP contribution in [0.3, 0.4) is 0 Å². The van der Waals surface area contributed by atoms with Crippen molar-refractivity contribution in [2.24, 2.45) is 0 Å². The van der Waals surface area contributed by atoms with Crippen LogP contribution in [-0.2, 0) is 10.0 Å². The molecule has 0 radical (unpaired) electrons. The van der Waals surface area contributed by atoms with Crippen molar-refractivity contribution < 1.29 is 8.42 Å². The van der Waals surface area contributed by atoms with Gasteiger partial charge in [-0.1, -0.05) is 0 Å². The van der Waals surface area contributed by atoms with Crippen LogP contribution in [-0.4, -0.2) is 38.8 Å². The number of pyridine rings is 1. The van der Waals surface area contributed by atoms with E-state index in [2.05, 4.69) is 10.3 Å². The fraction of sp³-hybridized carbons (Fsp3) is 0.545. The first-order valence-electron chi connectivity index (χ1n) is 5.69. The lowest BCUT2D eigenvalue weighted by Gasteiger charge is -2.21. The zero-order valence-electron chi connectivity index (χ0n) is 9.83. The Labute approximate surface area is 102 Å². The van der Waals surface area contributed by atoms with E-state index in [1.54, 1.807) is 31.6 Å². The molecule has 0 amide bonds. The van der Waals surface area contributed by atoms with Gasteiger partial charge in [-0.15, -0.1) is 0 Å². The van der Waals surface area contributed by atoms with E-state index in [0.29, 0.717) is 5.69 Å². The topological polar surface area (TPSA) is 62.3 Å². The van der Waals surface area contributed by atoms with Gasteiger partial charge in [0.2, 0.25) is 10.0 Å². The molecular weight excluding hydrogens is 238 g/mol. The number of sulfonamides is 1. The SMILES string of the molecule is CN(c1cccnc1)S(=O)(=O)CC1CCCN1. The van der Waals surface area contributed by atoms with E-state index in [9.17, 15) is 8.42 Å². The van der Waals surface area contributed by atoms with Crippen LogP contribution in [0.5, 0.6) is 0 Å². The van der Waals surface area contributed by atoms with Crippen molar-refractivity contribution in [2.75, 3.05) is 23.7 Å². The van der Waals surface area contributed by atoms with Gasteiger partial charge in [0.05, 0.1) is 17.6 Å². The molecular formula is C11H17N3O2S. The molecule has 1 fully saturated rings. The summed E-state index contributed by atoms with van der Waals surface area (Å²) in [7, 11) is -1.70. The lowest BCUT2D eigenvalue weighted by molar-refractivity contribution is 0.575. The lowest BCUT2D eigenvalue weighted by Crippen LogP contribution is -2.37. The molecule has 0 bridgehead atoms. The van der Waals surface area contributed by atoms with Crippen LogP contribution in [0.2, 0.25) is 0 Å². The minimum absolute atomic E-state index is 0.0825. The molecule has 0 aliphatic carbocycles. The summed E-state index contributed by atoms with van der Waals surface area (Å²) in [5.74, 6) is 0.151. The zero-order chi connectivity index (χ0) is 12.3. The summed E-state index contributed by atoms with van der Waals surface area (Å²) in [6.45, 7) is 0.913. The van der Waals surface area contributed by atoms with Crippen molar-refractivity contribution in [3.05, 3.63) is 24.5 Å². The highest BCUT2D eigenvalue weighted by atomic mass is 32.2. The minimum Gasteiger partial charge on any atom is -0.313 e. The van der Waals surface area contributed by atoms with Crippen LogP contribution >= 0.6 is 0 Å². The maximum atomic E-state index is 12.1. The van der Waals surface area contributed by atoms with Crippen LogP contribution in [0.15, 0.2) is 24.5 Å². The Morgan fingerprint density at radius 1 is 1.59 bits per heavy atom. The van der Waals surface area contributed by atoms with Crippen molar-refractivity contribution in [1.82, 2.24) is 10.3 Å². The molecule has 5 nitrogen and oxygen atoms in total. The van der Waals surface area contributed by atoms with E-state index < -0.39 is 10.0 Å². The molecule has 1 aliphatic heterocycles. The first kappa shape index (κ1) is 12.3. The molecule has 0 saturated carbocycles. The van der Waals surface area contributed by atoms with Crippen molar-refractivity contribution in [1.29, 1.82) is 0 Å². The number of hydrogen-bond donors (Lipinski definition) is 1. The summed E-state index contributed by atoms with van der Waals surface area (Å²) < 4.78 is 25.6. The second-order valence-corrected chi connectivity index (χ2v) is 6.30. The van der Waals surface area contributed by atoms with Crippen molar-refractivity contribution >= 4 is 15.7 Å². The highest BCUT2D eigenvalue weighted by molar-refractivity contribution is 7.92. The predicted octanol–water partition coefficient (Wildman–Crippen LogP) is 0.600. The quantitative estimate of drug-likeness (QED) is 0.856. The van der Waals surface area contributed by atoms with Gasteiger partial charge in [0.15, 0.2) is 0 Å².